The topological polar surface area (TPSA) is 26.3 Å². The fraction of sp³-hybridized carbons (Fsp3) is 0.150. The molecule has 2 nitrogen and oxygen atoms in total. The maximum absolute atomic E-state index is 13.1. The van der Waals surface area contributed by atoms with E-state index in [0.717, 1.165) is 39.0 Å². The highest BCUT2D eigenvalue weighted by molar-refractivity contribution is 6.47. The molecule has 0 saturated carbocycles. The Kier molecular flexibility index (Phi) is 3.05. The lowest BCUT2D eigenvalue weighted by molar-refractivity contribution is -0.108. The Morgan fingerprint density at radius 1 is 0.818 bits per heavy atom. The Hall–Kier alpha value is -2.45. The number of Topliss-reactive ketones (excluding diaryl/α,β-unsaturated/α-hetero) is 1. The zero-order valence-electron chi connectivity index (χ0n) is 12.4. The van der Waals surface area contributed by atoms with Gasteiger partial charge in [0.25, 0.3) is 0 Å². The number of hydrogen-bond acceptors (Lipinski definition) is 2. The van der Waals surface area contributed by atoms with Gasteiger partial charge < -0.3 is 4.74 Å². The third-order valence-electron chi connectivity index (χ3n) is 4.39. The van der Waals surface area contributed by atoms with Crippen LogP contribution in [-0.4, -0.2) is 19.0 Å². The summed E-state index contributed by atoms with van der Waals surface area (Å²) in [5, 5.41) is 0. The third kappa shape index (κ3) is 1.88. The Morgan fingerprint density at radius 2 is 1.45 bits per heavy atom. The van der Waals surface area contributed by atoms with Crippen LogP contribution in [0.25, 0.3) is 11.1 Å². The minimum Gasteiger partial charge on any atom is -0.372 e. The lowest BCUT2D eigenvalue weighted by Gasteiger charge is -2.09. The van der Waals surface area contributed by atoms with Crippen LogP contribution in [-0.2, 0) is 9.53 Å². The first kappa shape index (κ1) is 13.2. The van der Waals surface area contributed by atoms with Crippen LogP contribution < -0.4 is 0 Å². The number of allylic oxidation sites excluding steroid dienone is 2. The normalized spacial score (nSPS) is 17.4. The van der Waals surface area contributed by atoms with E-state index in [9.17, 15) is 4.79 Å². The molecule has 0 bridgehead atoms. The Labute approximate surface area is 129 Å². The molecule has 0 unspecified atom stereocenters. The van der Waals surface area contributed by atoms with E-state index >= 15 is 0 Å². The second-order valence-electron chi connectivity index (χ2n) is 5.71. The summed E-state index contributed by atoms with van der Waals surface area (Å²) >= 11 is 0. The van der Waals surface area contributed by atoms with Crippen molar-refractivity contribution in [3.05, 3.63) is 82.4 Å². The molecule has 2 aromatic carbocycles. The molecule has 0 aromatic heterocycles. The molecule has 1 fully saturated rings. The van der Waals surface area contributed by atoms with E-state index in [-0.39, 0.29) is 5.78 Å². The Balaban J connectivity index is 1.90. The highest BCUT2D eigenvalue weighted by atomic mass is 16.5. The van der Waals surface area contributed by atoms with Gasteiger partial charge in [-0.05, 0) is 34.8 Å². The van der Waals surface area contributed by atoms with E-state index in [1.165, 1.54) is 0 Å². The molecule has 1 aliphatic carbocycles. The smallest absolute Gasteiger partial charge is 0.194 e. The molecule has 2 aliphatic rings. The molecule has 0 N–H and O–H groups in total. The molecule has 1 aliphatic heterocycles. The molecule has 1 heterocycles. The van der Waals surface area contributed by atoms with Crippen LogP contribution in [0.3, 0.4) is 0 Å². The van der Waals surface area contributed by atoms with Crippen LogP contribution in [0.1, 0.15) is 16.7 Å². The lowest BCUT2D eigenvalue weighted by Crippen LogP contribution is -2.05. The molecular weight excluding hydrogens is 272 g/mol. The highest BCUT2D eigenvalue weighted by Gasteiger charge is 2.36. The van der Waals surface area contributed by atoms with E-state index in [1.807, 2.05) is 61.5 Å². The first-order chi connectivity index (χ1) is 10.8. The molecule has 0 spiro atoms. The first-order valence-corrected chi connectivity index (χ1v) is 7.48. The fourth-order valence-electron chi connectivity index (χ4n) is 3.32. The largest absolute Gasteiger partial charge is 0.372 e. The molecular formula is C20H16O2. The summed E-state index contributed by atoms with van der Waals surface area (Å²) in [5.41, 5.74) is 6.90. The summed E-state index contributed by atoms with van der Waals surface area (Å²) in [6.45, 7) is 3.11. The number of aryl methyl sites for hydroxylation is 1. The van der Waals surface area contributed by atoms with Crippen molar-refractivity contribution in [2.45, 2.75) is 6.92 Å². The van der Waals surface area contributed by atoms with Crippen LogP contribution in [0.2, 0.25) is 0 Å². The summed E-state index contributed by atoms with van der Waals surface area (Å²) in [4.78, 5) is 13.1. The molecule has 0 amide bonds. The number of rotatable bonds is 2. The molecule has 22 heavy (non-hydrogen) atoms. The zero-order valence-corrected chi connectivity index (χ0v) is 12.4. The van der Waals surface area contributed by atoms with Crippen LogP contribution in [0, 0.1) is 6.92 Å². The predicted octanol–water partition coefficient (Wildman–Crippen LogP) is 3.82. The van der Waals surface area contributed by atoms with E-state index in [0.29, 0.717) is 13.2 Å². The van der Waals surface area contributed by atoms with Crippen LogP contribution in [0.15, 0.2) is 65.7 Å². The van der Waals surface area contributed by atoms with Crippen molar-refractivity contribution in [2.24, 2.45) is 0 Å². The fourth-order valence-corrected chi connectivity index (χ4v) is 3.32. The van der Waals surface area contributed by atoms with E-state index in [1.54, 1.807) is 0 Å². The van der Waals surface area contributed by atoms with E-state index in [4.69, 9.17) is 4.74 Å². The monoisotopic (exact) mass is 288 g/mol. The molecule has 0 atom stereocenters. The number of benzene rings is 2. The number of carbonyl (C=O) groups excluding carboxylic acids is 1. The second-order valence-corrected chi connectivity index (χ2v) is 5.71. The van der Waals surface area contributed by atoms with Crippen molar-refractivity contribution in [3.63, 3.8) is 0 Å². The van der Waals surface area contributed by atoms with Gasteiger partial charge in [0.15, 0.2) is 5.78 Å². The van der Waals surface area contributed by atoms with Crippen LogP contribution in [0.5, 0.6) is 0 Å². The predicted molar refractivity (Wildman–Crippen MR) is 87.3 cm³/mol. The number of ketones is 1. The molecule has 2 aromatic rings. The van der Waals surface area contributed by atoms with Gasteiger partial charge in [0.2, 0.25) is 0 Å². The standard InChI is InChI=1S/C20H16O2/c1-13-7-5-6-10-15(13)19-17-12-22-11-16(17)18(20(19)21)14-8-3-2-4-9-14/h2-10H,11-12H2,1H3. The van der Waals surface area contributed by atoms with Gasteiger partial charge >= 0.3 is 0 Å². The summed E-state index contributed by atoms with van der Waals surface area (Å²) in [5.74, 6) is 0.133. The summed E-state index contributed by atoms with van der Waals surface area (Å²) < 4.78 is 5.64. The Bertz CT molecular complexity index is 826. The average Bonchev–Trinajstić information content (AvgIpc) is 3.09. The van der Waals surface area contributed by atoms with Crippen molar-refractivity contribution in [1.29, 1.82) is 0 Å². The van der Waals surface area contributed by atoms with Gasteiger partial charge in [0, 0.05) is 11.1 Å². The zero-order chi connectivity index (χ0) is 15.1. The number of hydrogen-bond donors (Lipinski definition) is 0. The Morgan fingerprint density at radius 3 is 2.18 bits per heavy atom. The van der Waals surface area contributed by atoms with Crippen molar-refractivity contribution in [1.82, 2.24) is 0 Å². The third-order valence-corrected chi connectivity index (χ3v) is 4.39. The molecule has 2 heteroatoms. The molecule has 108 valence electrons. The van der Waals surface area contributed by atoms with Gasteiger partial charge in [-0.2, -0.15) is 0 Å². The van der Waals surface area contributed by atoms with E-state index < -0.39 is 0 Å². The van der Waals surface area contributed by atoms with Crippen LogP contribution in [0.4, 0.5) is 0 Å². The molecule has 1 saturated heterocycles. The average molecular weight is 288 g/mol. The summed E-state index contributed by atoms with van der Waals surface area (Å²) in [6, 6.07) is 18.0. The van der Waals surface area contributed by atoms with Gasteiger partial charge in [0.05, 0.1) is 13.2 Å². The minimum absolute atomic E-state index is 0.133. The van der Waals surface area contributed by atoms with Gasteiger partial charge in [0.1, 0.15) is 0 Å². The summed E-state index contributed by atoms with van der Waals surface area (Å²) in [6.07, 6.45) is 0. The first-order valence-electron chi connectivity index (χ1n) is 7.48. The molecule has 0 radical (unpaired) electrons. The maximum Gasteiger partial charge on any atom is 0.194 e. The lowest BCUT2D eigenvalue weighted by atomic mass is 9.94. The van der Waals surface area contributed by atoms with Crippen LogP contribution >= 0.6 is 0 Å². The number of carbonyl (C=O) groups is 1. The number of ether oxygens (including phenoxy) is 1. The van der Waals surface area contributed by atoms with E-state index in [2.05, 4.69) is 0 Å². The number of fused-ring (bicyclic) bond motifs is 1. The quantitative estimate of drug-likeness (QED) is 0.840. The van der Waals surface area contributed by atoms with Gasteiger partial charge in [-0.3, -0.25) is 4.79 Å². The SMILES string of the molecule is Cc1ccccc1C1=C2COCC2=C(c2ccccc2)C1=O. The maximum atomic E-state index is 13.1. The highest BCUT2D eigenvalue weighted by Crippen LogP contribution is 2.43. The van der Waals surface area contributed by atoms with Gasteiger partial charge in [-0.15, -0.1) is 0 Å². The minimum atomic E-state index is 0.133. The van der Waals surface area contributed by atoms with Gasteiger partial charge in [-0.1, -0.05) is 54.6 Å². The van der Waals surface area contributed by atoms with Crippen molar-refractivity contribution in [3.8, 4) is 0 Å². The van der Waals surface area contributed by atoms with Crippen molar-refractivity contribution >= 4 is 16.9 Å². The molecule has 4 rings (SSSR count). The van der Waals surface area contributed by atoms with Crippen molar-refractivity contribution < 1.29 is 9.53 Å². The second kappa shape index (κ2) is 5.08. The summed E-state index contributed by atoms with van der Waals surface area (Å²) in [7, 11) is 0. The van der Waals surface area contributed by atoms with Crippen molar-refractivity contribution in [2.75, 3.05) is 13.2 Å². The van der Waals surface area contributed by atoms with Gasteiger partial charge in [-0.25, -0.2) is 0 Å².